The van der Waals surface area contributed by atoms with Crippen LogP contribution in [0.1, 0.15) is 15.9 Å². The standard InChI is InChI=1S/C33H22Cl4N4O3S2/c34-22-11-9-20(26(36)15-22)14-28(39-31(43)19-5-2-1-3-6-19)32(44)38-23-7-4-8-24(16-23)45-18-30(42)41-33-40-29(17-46-33)21-10-12-25(35)27(37)13-21/h1-17H,18H2,(H,38,44)(H,39,43)(H,40,41,42)/b28-14+. The molecule has 4 aromatic carbocycles. The van der Waals surface area contributed by atoms with E-state index in [4.69, 9.17) is 46.4 Å². The molecule has 13 heteroatoms. The second-order valence-electron chi connectivity index (χ2n) is 9.53. The Morgan fingerprint density at radius 1 is 0.804 bits per heavy atom. The summed E-state index contributed by atoms with van der Waals surface area (Å²) in [5, 5.41) is 12.2. The quantitative estimate of drug-likeness (QED) is 0.0983. The van der Waals surface area contributed by atoms with Crippen LogP contribution in [0.3, 0.4) is 0 Å². The van der Waals surface area contributed by atoms with Crippen LogP contribution in [-0.2, 0) is 9.59 Å². The summed E-state index contributed by atoms with van der Waals surface area (Å²) in [6.07, 6.45) is 1.48. The van der Waals surface area contributed by atoms with Crippen LogP contribution in [0.4, 0.5) is 10.8 Å². The summed E-state index contributed by atoms with van der Waals surface area (Å²) in [6, 6.07) is 25.6. The smallest absolute Gasteiger partial charge is 0.272 e. The molecule has 0 aliphatic rings. The van der Waals surface area contributed by atoms with Gasteiger partial charge in [0.05, 0.1) is 21.5 Å². The van der Waals surface area contributed by atoms with Gasteiger partial charge in [-0.3, -0.25) is 14.4 Å². The van der Waals surface area contributed by atoms with Crippen LogP contribution in [0.25, 0.3) is 17.3 Å². The largest absolute Gasteiger partial charge is 0.321 e. The zero-order valence-corrected chi connectivity index (χ0v) is 28.2. The van der Waals surface area contributed by atoms with Gasteiger partial charge >= 0.3 is 0 Å². The molecular formula is C33H22Cl4N4O3S2. The zero-order valence-electron chi connectivity index (χ0n) is 23.5. The van der Waals surface area contributed by atoms with Crippen molar-refractivity contribution in [3.05, 3.63) is 133 Å². The van der Waals surface area contributed by atoms with Crippen molar-refractivity contribution < 1.29 is 14.4 Å². The first-order chi connectivity index (χ1) is 22.1. The van der Waals surface area contributed by atoms with Gasteiger partial charge in [-0.05, 0) is 66.2 Å². The number of amides is 3. The number of aromatic nitrogens is 1. The molecule has 5 aromatic rings. The average Bonchev–Trinajstić information content (AvgIpc) is 3.51. The third kappa shape index (κ3) is 9.13. The van der Waals surface area contributed by atoms with Crippen molar-refractivity contribution in [2.75, 3.05) is 16.4 Å². The Morgan fingerprint density at radius 2 is 1.61 bits per heavy atom. The van der Waals surface area contributed by atoms with E-state index in [1.165, 1.54) is 29.2 Å². The summed E-state index contributed by atoms with van der Waals surface area (Å²) in [5.74, 6) is -1.18. The molecule has 3 N–H and O–H groups in total. The molecule has 0 aliphatic heterocycles. The highest BCUT2D eigenvalue weighted by molar-refractivity contribution is 8.00. The van der Waals surface area contributed by atoms with Crippen LogP contribution in [0.5, 0.6) is 0 Å². The molecule has 0 aliphatic carbocycles. The molecule has 46 heavy (non-hydrogen) atoms. The predicted molar refractivity (Wildman–Crippen MR) is 190 cm³/mol. The van der Waals surface area contributed by atoms with Gasteiger partial charge < -0.3 is 16.0 Å². The van der Waals surface area contributed by atoms with E-state index in [1.54, 1.807) is 84.9 Å². The summed E-state index contributed by atoms with van der Waals surface area (Å²) in [5.41, 5.74) is 2.76. The zero-order chi connectivity index (χ0) is 32.6. The molecule has 0 bridgehead atoms. The van der Waals surface area contributed by atoms with Gasteiger partial charge in [-0.1, -0.05) is 82.8 Å². The fraction of sp³-hybridized carbons (Fsp3) is 0.0303. The number of benzene rings is 4. The van der Waals surface area contributed by atoms with Crippen molar-refractivity contribution in [2.45, 2.75) is 4.90 Å². The molecule has 0 saturated heterocycles. The molecule has 3 amide bonds. The Labute approximate surface area is 292 Å². The first-order valence-electron chi connectivity index (χ1n) is 13.4. The summed E-state index contributed by atoms with van der Waals surface area (Å²) in [7, 11) is 0. The minimum Gasteiger partial charge on any atom is -0.321 e. The lowest BCUT2D eigenvalue weighted by molar-refractivity contribution is -0.114. The molecule has 0 spiro atoms. The summed E-state index contributed by atoms with van der Waals surface area (Å²) >= 11 is 27.1. The monoisotopic (exact) mass is 726 g/mol. The number of carbonyl (C=O) groups is 3. The van der Waals surface area contributed by atoms with Gasteiger partial charge in [0.1, 0.15) is 5.70 Å². The summed E-state index contributed by atoms with van der Waals surface area (Å²) in [4.78, 5) is 44.3. The fourth-order valence-electron chi connectivity index (χ4n) is 4.00. The number of hydrogen-bond acceptors (Lipinski definition) is 6. The molecule has 0 saturated carbocycles. The second kappa shape index (κ2) is 15.6. The second-order valence-corrected chi connectivity index (χ2v) is 13.1. The van der Waals surface area contributed by atoms with Gasteiger partial charge in [0.15, 0.2) is 5.13 Å². The number of halogens is 4. The minimum absolute atomic E-state index is 0.0285. The van der Waals surface area contributed by atoms with Crippen molar-refractivity contribution in [1.29, 1.82) is 0 Å². The number of anilines is 2. The number of thioether (sulfide) groups is 1. The number of hydrogen-bond donors (Lipinski definition) is 3. The van der Waals surface area contributed by atoms with Gasteiger partial charge in [0.2, 0.25) is 5.91 Å². The van der Waals surface area contributed by atoms with E-state index in [1.807, 2.05) is 11.4 Å². The molecule has 7 nitrogen and oxygen atoms in total. The van der Waals surface area contributed by atoms with Crippen LogP contribution < -0.4 is 16.0 Å². The summed E-state index contributed by atoms with van der Waals surface area (Å²) in [6.45, 7) is 0. The first kappa shape index (κ1) is 33.5. The normalized spacial score (nSPS) is 11.2. The Kier molecular flexibility index (Phi) is 11.4. The molecule has 5 rings (SSSR count). The van der Waals surface area contributed by atoms with Gasteiger partial charge in [0, 0.05) is 37.1 Å². The topological polar surface area (TPSA) is 100 Å². The van der Waals surface area contributed by atoms with E-state index in [2.05, 4.69) is 20.9 Å². The van der Waals surface area contributed by atoms with Crippen molar-refractivity contribution >= 4 is 104 Å². The predicted octanol–water partition coefficient (Wildman–Crippen LogP) is 9.56. The van der Waals surface area contributed by atoms with Crippen LogP contribution >= 0.6 is 69.5 Å². The molecular weight excluding hydrogens is 706 g/mol. The molecule has 0 radical (unpaired) electrons. The Morgan fingerprint density at radius 3 is 2.37 bits per heavy atom. The molecule has 1 heterocycles. The molecule has 1 aromatic heterocycles. The van der Waals surface area contributed by atoms with Crippen molar-refractivity contribution in [3.8, 4) is 11.3 Å². The highest BCUT2D eigenvalue weighted by Gasteiger charge is 2.17. The summed E-state index contributed by atoms with van der Waals surface area (Å²) < 4.78 is 0. The van der Waals surface area contributed by atoms with Gasteiger partial charge in [-0.2, -0.15) is 0 Å². The van der Waals surface area contributed by atoms with Crippen LogP contribution in [0.2, 0.25) is 20.1 Å². The number of rotatable bonds is 10. The number of nitrogens with zero attached hydrogens (tertiary/aromatic N) is 1. The van der Waals surface area contributed by atoms with Gasteiger partial charge in [0.25, 0.3) is 11.8 Å². The van der Waals surface area contributed by atoms with E-state index >= 15 is 0 Å². The minimum atomic E-state index is -0.572. The lowest BCUT2D eigenvalue weighted by atomic mass is 10.1. The van der Waals surface area contributed by atoms with Crippen molar-refractivity contribution in [1.82, 2.24) is 10.3 Å². The Bertz CT molecular complexity index is 1950. The van der Waals surface area contributed by atoms with Gasteiger partial charge in [-0.25, -0.2) is 4.98 Å². The average molecular weight is 729 g/mol. The maximum atomic E-state index is 13.4. The molecule has 0 unspecified atom stereocenters. The fourth-order valence-corrected chi connectivity index (χ4v) is 6.25. The number of carbonyl (C=O) groups excluding carboxylic acids is 3. The Balaban J connectivity index is 1.24. The first-order valence-corrected chi connectivity index (χ1v) is 16.8. The third-order valence-corrected chi connectivity index (χ3v) is 9.27. The van der Waals surface area contributed by atoms with E-state index in [0.717, 1.165) is 10.5 Å². The van der Waals surface area contributed by atoms with E-state index in [0.29, 0.717) is 47.7 Å². The van der Waals surface area contributed by atoms with Crippen molar-refractivity contribution in [3.63, 3.8) is 0 Å². The van der Waals surface area contributed by atoms with Crippen LogP contribution in [-0.4, -0.2) is 28.5 Å². The van der Waals surface area contributed by atoms with Gasteiger partial charge in [-0.15, -0.1) is 23.1 Å². The Hall–Kier alpha value is -3.83. The molecule has 0 atom stereocenters. The molecule has 0 fully saturated rings. The third-order valence-electron chi connectivity index (χ3n) is 6.22. The highest BCUT2D eigenvalue weighted by Crippen LogP contribution is 2.31. The van der Waals surface area contributed by atoms with E-state index in [-0.39, 0.29) is 17.4 Å². The van der Waals surface area contributed by atoms with Crippen molar-refractivity contribution in [2.24, 2.45) is 0 Å². The number of nitrogens with one attached hydrogen (secondary N) is 3. The highest BCUT2D eigenvalue weighted by atomic mass is 35.5. The van der Waals surface area contributed by atoms with Crippen LogP contribution in [0.15, 0.2) is 107 Å². The lowest BCUT2D eigenvalue weighted by Gasteiger charge is -2.12. The maximum Gasteiger partial charge on any atom is 0.272 e. The SMILES string of the molecule is O=C(CSc1cccc(NC(=O)/C(=C\c2ccc(Cl)cc2Cl)NC(=O)c2ccccc2)c1)Nc1nc(-c2ccc(Cl)c(Cl)c2)cs1. The van der Waals surface area contributed by atoms with Crippen LogP contribution in [0, 0.1) is 0 Å². The lowest BCUT2D eigenvalue weighted by Crippen LogP contribution is -2.30. The van der Waals surface area contributed by atoms with E-state index in [9.17, 15) is 14.4 Å². The van der Waals surface area contributed by atoms with E-state index < -0.39 is 11.8 Å². The maximum absolute atomic E-state index is 13.4. The number of thiazole rings is 1. The molecule has 232 valence electrons.